The lowest BCUT2D eigenvalue weighted by Crippen LogP contribution is -2.20. The van der Waals surface area contributed by atoms with E-state index in [2.05, 4.69) is 21.7 Å². The zero-order valence-corrected chi connectivity index (χ0v) is 9.81. The number of para-hydroxylation sites is 1. The predicted molar refractivity (Wildman–Crippen MR) is 66.8 cm³/mol. The Morgan fingerprint density at radius 3 is 2.94 bits per heavy atom. The van der Waals surface area contributed by atoms with E-state index in [1.807, 2.05) is 0 Å². The summed E-state index contributed by atoms with van der Waals surface area (Å²) in [6.45, 7) is 1.79. The Morgan fingerprint density at radius 2 is 2.17 bits per heavy atom. The molecule has 1 aromatic heterocycles. The van der Waals surface area contributed by atoms with Gasteiger partial charge in [-0.3, -0.25) is 0 Å². The third-order valence-corrected chi connectivity index (χ3v) is 2.99. The molecule has 0 bridgehead atoms. The predicted octanol–water partition coefficient (Wildman–Crippen LogP) is 1.78. The van der Waals surface area contributed by atoms with Gasteiger partial charge in [-0.05, 0) is 30.7 Å². The summed E-state index contributed by atoms with van der Waals surface area (Å²) >= 11 is 0. The maximum Gasteiger partial charge on any atom is 0.148 e. The molecule has 2 aromatic rings. The average molecular weight is 244 g/mol. The van der Waals surface area contributed by atoms with Crippen molar-refractivity contribution in [3.05, 3.63) is 48.0 Å². The molecule has 0 spiro atoms. The number of benzene rings is 1. The first-order valence-electron chi connectivity index (χ1n) is 5.92. The SMILES string of the molecule is Fc1ccccc1-n1cc(C2=CCNCC2)nn1. The first-order chi connectivity index (χ1) is 8.84. The van der Waals surface area contributed by atoms with E-state index in [0.29, 0.717) is 5.69 Å². The zero-order valence-electron chi connectivity index (χ0n) is 9.81. The molecule has 0 saturated carbocycles. The van der Waals surface area contributed by atoms with Gasteiger partial charge in [0.25, 0.3) is 0 Å². The van der Waals surface area contributed by atoms with Crippen molar-refractivity contribution in [1.82, 2.24) is 20.3 Å². The minimum absolute atomic E-state index is 0.298. The van der Waals surface area contributed by atoms with Gasteiger partial charge in [-0.25, -0.2) is 9.07 Å². The maximum atomic E-state index is 13.6. The molecule has 0 aliphatic carbocycles. The van der Waals surface area contributed by atoms with Crippen molar-refractivity contribution in [3.8, 4) is 5.69 Å². The highest BCUT2D eigenvalue weighted by atomic mass is 19.1. The molecule has 1 aliphatic heterocycles. The molecule has 0 unspecified atom stereocenters. The summed E-state index contributed by atoms with van der Waals surface area (Å²) in [7, 11) is 0. The van der Waals surface area contributed by atoms with E-state index in [0.717, 1.165) is 30.8 Å². The van der Waals surface area contributed by atoms with Gasteiger partial charge in [-0.2, -0.15) is 0 Å². The van der Waals surface area contributed by atoms with Gasteiger partial charge in [0.05, 0.1) is 6.20 Å². The van der Waals surface area contributed by atoms with Crippen molar-refractivity contribution in [2.75, 3.05) is 13.1 Å². The van der Waals surface area contributed by atoms with Crippen LogP contribution in [0.15, 0.2) is 36.5 Å². The Morgan fingerprint density at radius 1 is 1.28 bits per heavy atom. The van der Waals surface area contributed by atoms with E-state index in [1.54, 1.807) is 24.4 Å². The van der Waals surface area contributed by atoms with Crippen LogP contribution in [0.25, 0.3) is 11.3 Å². The quantitative estimate of drug-likeness (QED) is 0.875. The molecule has 3 rings (SSSR count). The second-order valence-corrected chi connectivity index (χ2v) is 4.18. The standard InChI is InChI=1S/C13H13FN4/c14-11-3-1-2-4-13(11)18-9-12(16-17-18)10-5-7-15-8-6-10/h1-5,9,15H,6-8H2. The first-order valence-corrected chi connectivity index (χ1v) is 5.92. The Bertz CT molecular complexity index is 588. The van der Waals surface area contributed by atoms with Gasteiger partial charge >= 0.3 is 0 Å². The fraction of sp³-hybridized carbons (Fsp3) is 0.231. The number of hydrogen-bond acceptors (Lipinski definition) is 3. The highest BCUT2D eigenvalue weighted by Gasteiger charge is 2.11. The van der Waals surface area contributed by atoms with Crippen molar-refractivity contribution in [2.45, 2.75) is 6.42 Å². The molecular formula is C13H13FN4. The number of hydrogen-bond donors (Lipinski definition) is 1. The molecule has 92 valence electrons. The van der Waals surface area contributed by atoms with Crippen LogP contribution in [0.5, 0.6) is 0 Å². The Balaban J connectivity index is 1.94. The monoisotopic (exact) mass is 244 g/mol. The highest BCUT2D eigenvalue weighted by Crippen LogP contribution is 2.19. The fourth-order valence-corrected chi connectivity index (χ4v) is 2.02. The van der Waals surface area contributed by atoms with Crippen LogP contribution in [0.1, 0.15) is 12.1 Å². The minimum atomic E-state index is -0.298. The second kappa shape index (κ2) is 4.70. The van der Waals surface area contributed by atoms with Crippen molar-refractivity contribution in [2.24, 2.45) is 0 Å². The molecule has 1 aromatic carbocycles. The van der Waals surface area contributed by atoms with Gasteiger partial charge in [0.2, 0.25) is 0 Å². The summed E-state index contributed by atoms with van der Waals surface area (Å²) in [5.74, 6) is -0.298. The lowest BCUT2D eigenvalue weighted by Gasteiger charge is -2.10. The molecule has 0 atom stereocenters. The van der Waals surface area contributed by atoms with E-state index in [4.69, 9.17) is 0 Å². The summed E-state index contributed by atoms with van der Waals surface area (Å²) in [6, 6.07) is 6.54. The van der Waals surface area contributed by atoms with E-state index >= 15 is 0 Å². The lowest BCUT2D eigenvalue weighted by molar-refractivity contribution is 0.607. The minimum Gasteiger partial charge on any atom is -0.313 e. The van der Waals surface area contributed by atoms with Crippen molar-refractivity contribution in [3.63, 3.8) is 0 Å². The van der Waals surface area contributed by atoms with Crippen LogP contribution < -0.4 is 5.32 Å². The highest BCUT2D eigenvalue weighted by molar-refractivity contribution is 5.63. The number of aromatic nitrogens is 3. The van der Waals surface area contributed by atoms with Gasteiger partial charge in [0, 0.05) is 6.54 Å². The van der Waals surface area contributed by atoms with Crippen LogP contribution in [-0.4, -0.2) is 28.1 Å². The number of halogens is 1. The molecular weight excluding hydrogens is 231 g/mol. The van der Waals surface area contributed by atoms with Crippen LogP contribution in [0.3, 0.4) is 0 Å². The fourth-order valence-electron chi connectivity index (χ4n) is 2.02. The topological polar surface area (TPSA) is 42.7 Å². The molecule has 0 amide bonds. The number of rotatable bonds is 2. The summed E-state index contributed by atoms with van der Waals surface area (Å²) in [5, 5.41) is 11.3. The largest absolute Gasteiger partial charge is 0.313 e. The summed E-state index contributed by atoms with van der Waals surface area (Å²) in [4.78, 5) is 0. The summed E-state index contributed by atoms with van der Waals surface area (Å²) in [6.07, 6.45) is 4.80. The van der Waals surface area contributed by atoms with Crippen LogP contribution >= 0.6 is 0 Å². The van der Waals surface area contributed by atoms with Gasteiger partial charge in [-0.1, -0.05) is 23.4 Å². The van der Waals surface area contributed by atoms with Crippen molar-refractivity contribution in [1.29, 1.82) is 0 Å². The van der Waals surface area contributed by atoms with Crippen molar-refractivity contribution >= 4 is 5.57 Å². The van der Waals surface area contributed by atoms with Gasteiger partial charge in [-0.15, -0.1) is 5.10 Å². The molecule has 4 nitrogen and oxygen atoms in total. The molecule has 1 N–H and O–H groups in total. The van der Waals surface area contributed by atoms with Gasteiger partial charge in [0.15, 0.2) is 0 Å². The molecule has 18 heavy (non-hydrogen) atoms. The van der Waals surface area contributed by atoms with Crippen molar-refractivity contribution < 1.29 is 4.39 Å². The van der Waals surface area contributed by atoms with E-state index in [-0.39, 0.29) is 5.82 Å². The van der Waals surface area contributed by atoms with E-state index in [1.165, 1.54) is 10.7 Å². The van der Waals surface area contributed by atoms with Crippen LogP contribution in [-0.2, 0) is 0 Å². The Kier molecular flexibility index (Phi) is 2.90. The summed E-state index contributed by atoms with van der Waals surface area (Å²) in [5.41, 5.74) is 2.40. The number of nitrogens with one attached hydrogen (secondary N) is 1. The molecule has 1 aliphatic rings. The second-order valence-electron chi connectivity index (χ2n) is 4.18. The van der Waals surface area contributed by atoms with Crippen LogP contribution in [0.4, 0.5) is 4.39 Å². The number of nitrogens with zero attached hydrogens (tertiary/aromatic N) is 3. The smallest absolute Gasteiger partial charge is 0.148 e. The first kappa shape index (κ1) is 11.1. The third-order valence-electron chi connectivity index (χ3n) is 2.99. The average Bonchev–Trinajstić information content (AvgIpc) is 2.90. The third kappa shape index (κ3) is 2.04. The zero-order chi connectivity index (χ0) is 12.4. The Labute approximate surface area is 104 Å². The summed E-state index contributed by atoms with van der Waals surface area (Å²) < 4.78 is 15.1. The van der Waals surface area contributed by atoms with Crippen LogP contribution in [0, 0.1) is 5.82 Å². The van der Waals surface area contributed by atoms with E-state index < -0.39 is 0 Å². The molecule has 0 radical (unpaired) electrons. The molecule has 0 fully saturated rings. The lowest BCUT2D eigenvalue weighted by atomic mass is 10.1. The van der Waals surface area contributed by atoms with Gasteiger partial charge < -0.3 is 5.32 Å². The molecule has 5 heteroatoms. The molecule has 0 saturated heterocycles. The maximum absolute atomic E-state index is 13.6. The normalized spacial score (nSPS) is 15.5. The molecule has 2 heterocycles. The van der Waals surface area contributed by atoms with Gasteiger partial charge in [0.1, 0.15) is 17.2 Å². The Hall–Kier alpha value is -2.01. The van der Waals surface area contributed by atoms with E-state index in [9.17, 15) is 4.39 Å². The van der Waals surface area contributed by atoms with Crippen LogP contribution in [0.2, 0.25) is 0 Å².